The summed E-state index contributed by atoms with van der Waals surface area (Å²) in [6.07, 6.45) is 1.81. The Labute approximate surface area is 133 Å². The van der Waals surface area contributed by atoms with Crippen molar-refractivity contribution in [3.8, 4) is 0 Å². The van der Waals surface area contributed by atoms with Crippen molar-refractivity contribution < 1.29 is 0 Å². The van der Waals surface area contributed by atoms with Gasteiger partial charge in [0.25, 0.3) is 0 Å². The molecular weight excluding hydrogens is 272 g/mol. The molecule has 0 aliphatic carbocycles. The van der Waals surface area contributed by atoms with E-state index < -0.39 is 0 Å². The van der Waals surface area contributed by atoms with Crippen LogP contribution in [-0.4, -0.2) is 23.1 Å². The summed E-state index contributed by atoms with van der Waals surface area (Å²) in [5.74, 6) is 1.59. The lowest BCUT2D eigenvalue weighted by atomic mass is 9.86. The normalized spacial score (nSPS) is 11.3. The second kappa shape index (κ2) is 6.77. The number of nitrogens with one attached hydrogen (secondary N) is 1. The average Bonchev–Trinajstić information content (AvgIpc) is 2.48. The zero-order valence-corrected chi connectivity index (χ0v) is 14.2. The van der Waals surface area contributed by atoms with Gasteiger partial charge in [-0.3, -0.25) is 0 Å². The number of anilines is 3. The topological polar surface area (TPSA) is 41.1 Å². The van der Waals surface area contributed by atoms with Gasteiger partial charge in [0.1, 0.15) is 5.82 Å². The minimum Gasteiger partial charge on any atom is -0.357 e. The van der Waals surface area contributed by atoms with E-state index in [2.05, 4.69) is 73.0 Å². The Morgan fingerprint density at radius 3 is 2.36 bits per heavy atom. The standard InChI is InChI=1S/C18H26N4/c1-6-22(7-2)16-12-13-19-17(21-16)20-15-11-9-8-10-14(15)18(3,4)5/h8-13H,6-7H2,1-5H3,(H,19,20,21). The number of aromatic nitrogens is 2. The van der Waals surface area contributed by atoms with Crippen LogP contribution in [0.1, 0.15) is 40.2 Å². The van der Waals surface area contributed by atoms with Gasteiger partial charge in [0.15, 0.2) is 0 Å². The highest BCUT2D eigenvalue weighted by molar-refractivity contribution is 5.61. The largest absolute Gasteiger partial charge is 0.357 e. The first-order valence-electron chi connectivity index (χ1n) is 7.90. The molecule has 2 rings (SSSR count). The van der Waals surface area contributed by atoms with Crippen LogP contribution in [0.2, 0.25) is 0 Å². The van der Waals surface area contributed by atoms with Gasteiger partial charge in [-0.1, -0.05) is 39.0 Å². The van der Waals surface area contributed by atoms with Gasteiger partial charge in [0, 0.05) is 25.0 Å². The molecule has 0 atom stereocenters. The van der Waals surface area contributed by atoms with E-state index in [-0.39, 0.29) is 5.41 Å². The molecule has 118 valence electrons. The van der Waals surface area contributed by atoms with Crippen LogP contribution < -0.4 is 10.2 Å². The van der Waals surface area contributed by atoms with Crippen LogP contribution in [0, 0.1) is 0 Å². The van der Waals surface area contributed by atoms with Gasteiger partial charge in [0.05, 0.1) is 0 Å². The molecule has 1 heterocycles. The SMILES string of the molecule is CCN(CC)c1ccnc(Nc2ccccc2C(C)(C)C)n1. The molecule has 0 bridgehead atoms. The van der Waals surface area contributed by atoms with E-state index in [1.807, 2.05) is 18.3 Å². The van der Waals surface area contributed by atoms with Crippen molar-refractivity contribution in [1.29, 1.82) is 0 Å². The zero-order chi connectivity index (χ0) is 16.2. The van der Waals surface area contributed by atoms with Crippen LogP contribution in [0.15, 0.2) is 36.5 Å². The predicted molar refractivity (Wildman–Crippen MR) is 94.0 cm³/mol. The molecule has 0 radical (unpaired) electrons. The first-order valence-corrected chi connectivity index (χ1v) is 7.90. The highest BCUT2D eigenvalue weighted by Crippen LogP contribution is 2.30. The Morgan fingerprint density at radius 1 is 1.05 bits per heavy atom. The second-order valence-corrected chi connectivity index (χ2v) is 6.33. The molecule has 0 fully saturated rings. The van der Waals surface area contributed by atoms with Crippen molar-refractivity contribution in [2.75, 3.05) is 23.3 Å². The van der Waals surface area contributed by atoms with E-state index in [0.717, 1.165) is 24.6 Å². The fourth-order valence-corrected chi connectivity index (χ4v) is 2.50. The number of nitrogens with zero attached hydrogens (tertiary/aromatic N) is 3. The molecule has 0 unspecified atom stereocenters. The third kappa shape index (κ3) is 3.75. The maximum Gasteiger partial charge on any atom is 0.229 e. The maximum absolute atomic E-state index is 4.64. The summed E-state index contributed by atoms with van der Waals surface area (Å²) in [6, 6.07) is 10.3. The van der Waals surface area contributed by atoms with Gasteiger partial charge in [0.2, 0.25) is 5.95 Å². The van der Waals surface area contributed by atoms with E-state index in [9.17, 15) is 0 Å². The highest BCUT2D eigenvalue weighted by Gasteiger charge is 2.18. The highest BCUT2D eigenvalue weighted by atomic mass is 15.2. The molecular formula is C18H26N4. The Hall–Kier alpha value is -2.10. The first kappa shape index (κ1) is 16.3. The summed E-state index contributed by atoms with van der Waals surface area (Å²) < 4.78 is 0. The molecule has 0 saturated heterocycles. The van der Waals surface area contributed by atoms with Gasteiger partial charge in [-0.05, 0) is 37.0 Å². The summed E-state index contributed by atoms with van der Waals surface area (Å²) in [5, 5.41) is 3.37. The van der Waals surface area contributed by atoms with E-state index in [4.69, 9.17) is 0 Å². The Balaban J connectivity index is 2.31. The number of hydrogen-bond donors (Lipinski definition) is 1. The van der Waals surface area contributed by atoms with Crippen LogP contribution in [-0.2, 0) is 5.41 Å². The third-order valence-corrected chi connectivity index (χ3v) is 3.71. The smallest absolute Gasteiger partial charge is 0.229 e. The van der Waals surface area contributed by atoms with Crippen molar-refractivity contribution >= 4 is 17.5 Å². The zero-order valence-electron chi connectivity index (χ0n) is 14.2. The number of benzene rings is 1. The summed E-state index contributed by atoms with van der Waals surface area (Å²) in [4.78, 5) is 11.2. The molecule has 0 aliphatic heterocycles. The van der Waals surface area contributed by atoms with Crippen molar-refractivity contribution in [1.82, 2.24) is 9.97 Å². The van der Waals surface area contributed by atoms with Gasteiger partial charge in [-0.15, -0.1) is 0 Å². The summed E-state index contributed by atoms with van der Waals surface area (Å²) in [5.41, 5.74) is 2.39. The lowest BCUT2D eigenvalue weighted by Gasteiger charge is -2.23. The fraction of sp³-hybridized carbons (Fsp3) is 0.444. The predicted octanol–water partition coefficient (Wildman–Crippen LogP) is 4.36. The minimum absolute atomic E-state index is 0.0695. The van der Waals surface area contributed by atoms with E-state index in [0.29, 0.717) is 5.95 Å². The quantitative estimate of drug-likeness (QED) is 0.890. The van der Waals surface area contributed by atoms with E-state index in [1.165, 1.54) is 5.56 Å². The lowest BCUT2D eigenvalue weighted by molar-refractivity contribution is 0.592. The van der Waals surface area contributed by atoms with Crippen LogP contribution in [0.25, 0.3) is 0 Å². The molecule has 22 heavy (non-hydrogen) atoms. The van der Waals surface area contributed by atoms with Crippen LogP contribution in [0.3, 0.4) is 0 Å². The second-order valence-electron chi connectivity index (χ2n) is 6.33. The fourth-order valence-electron chi connectivity index (χ4n) is 2.50. The van der Waals surface area contributed by atoms with Crippen molar-refractivity contribution in [3.63, 3.8) is 0 Å². The Kier molecular flexibility index (Phi) is 5.01. The van der Waals surface area contributed by atoms with Gasteiger partial charge >= 0.3 is 0 Å². The molecule has 0 aliphatic rings. The summed E-state index contributed by atoms with van der Waals surface area (Å²) >= 11 is 0. The van der Waals surface area contributed by atoms with Gasteiger partial charge in [-0.2, -0.15) is 4.98 Å². The molecule has 1 N–H and O–H groups in total. The molecule has 4 nitrogen and oxygen atoms in total. The number of hydrogen-bond acceptors (Lipinski definition) is 4. The van der Waals surface area contributed by atoms with E-state index >= 15 is 0 Å². The van der Waals surface area contributed by atoms with Crippen LogP contribution >= 0.6 is 0 Å². The third-order valence-electron chi connectivity index (χ3n) is 3.71. The molecule has 0 saturated carbocycles. The van der Waals surface area contributed by atoms with Crippen molar-refractivity contribution in [3.05, 3.63) is 42.1 Å². The van der Waals surface area contributed by atoms with Crippen molar-refractivity contribution in [2.24, 2.45) is 0 Å². The van der Waals surface area contributed by atoms with E-state index in [1.54, 1.807) is 0 Å². The molecule has 1 aromatic carbocycles. The maximum atomic E-state index is 4.64. The molecule has 1 aromatic heterocycles. The molecule has 0 amide bonds. The van der Waals surface area contributed by atoms with Gasteiger partial charge < -0.3 is 10.2 Å². The Morgan fingerprint density at radius 2 is 1.73 bits per heavy atom. The van der Waals surface area contributed by atoms with Crippen LogP contribution in [0.5, 0.6) is 0 Å². The summed E-state index contributed by atoms with van der Waals surface area (Å²) in [7, 11) is 0. The number of rotatable bonds is 5. The summed E-state index contributed by atoms with van der Waals surface area (Å²) in [6.45, 7) is 12.8. The first-order chi connectivity index (χ1) is 10.5. The molecule has 2 aromatic rings. The Bertz CT molecular complexity index is 612. The molecule has 0 spiro atoms. The number of para-hydroxylation sites is 1. The van der Waals surface area contributed by atoms with Crippen LogP contribution in [0.4, 0.5) is 17.5 Å². The van der Waals surface area contributed by atoms with Crippen molar-refractivity contribution in [2.45, 2.75) is 40.0 Å². The minimum atomic E-state index is 0.0695. The lowest BCUT2D eigenvalue weighted by Crippen LogP contribution is -2.23. The van der Waals surface area contributed by atoms with Gasteiger partial charge in [-0.25, -0.2) is 4.98 Å². The average molecular weight is 298 g/mol. The monoisotopic (exact) mass is 298 g/mol. The molecule has 4 heteroatoms.